The molecule has 1 N–H and O–H groups in total. The monoisotopic (exact) mass is 650 g/mol. The lowest BCUT2D eigenvalue weighted by Gasteiger charge is -2.62. The summed E-state index contributed by atoms with van der Waals surface area (Å²) in [5, 5.41) is 11.3. The SMILES string of the molecule is C=CC[N+]1([C@H]2C[C@H]3[C@@H]4CC[C@H]5C[C@H](O)[C@@H](N6CCOCC6)C[C@]5(C)[C@H]4CC[C@]3(C)[C@H]2OC(=O)CCC)CCCCC1.[Br-]. The normalized spacial score (nSPS) is 45.0. The average Bonchev–Trinajstić information content (AvgIpc) is 3.27. The van der Waals surface area contributed by atoms with Crippen LogP contribution in [0.4, 0.5) is 0 Å². The van der Waals surface area contributed by atoms with E-state index in [0.717, 1.165) is 56.6 Å². The molecule has 0 amide bonds. The number of halogens is 1. The maximum absolute atomic E-state index is 13.2. The highest BCUT2D eigenvalue weighted by atomic mass is 79.9. The van der Waals surface area contributed by atoms with Crippen LogP contribution >= 0.6 is 0 Å². The molecule has 0 aromatic rings. The van der Waals surface area contributed by atoms with Gasteiger partial charge in [0.1, 0.15) is 6.04 Å². The van der Waals surface area contributed by atoms with Gasteiger partial charge in [-0.15, -0.1) is 0 Å². The zero-order valence-corrected chi connectivity index (χ0v) is 28.4. The molecule has 240 valence electrons. The number of carbonyl (C=O) groups excluding carboxylic acids is 1. The van der Waals surface area contributed by atoms with E-state index in [2.05, 4.69) is 38.3 Å². The van der Waals surface area contributed by atoms with E-state index in [1.165, 1.54) is 64.5 Å². The van der Waals surface area contributed by atoms with Crippen LogP contribution in [0.25, 0.3) is 0 Å². The fraction of sp³-hybridized carbons (Fsp3) is 0.914. The van der Waals surface area contributed by atoms with E-state index in [1.807, 2.05) is 0 Å². The molecule has 0 aromatic carbocycles. The van der Waals surface area contributed by atoms with E-state index >= 15 is 0 Å². The van der Waals surface area contributed by atoms with Crippen LogP contribution in [0.15, 0.2) is 12.7 Å². The summed E-state index contributed by atoms with van der Waals surface area (Å²) in [6.45, 7) is 18.3. The summed E-state index contributed by atoms with van der Waals surface area (Å²) in [7, 11) is 0. The number of rotatable bonds is 7. The minimum atomic E-state index is -0.211. The van der Waals surface area contributed by atoms with Crippen molar-refractivity contribution in [2.24, 2.45) is 34.5 Å². The Labute approximate surface area is 266 Å². The number of likely N-dealkylation sites (tertiary alicyclic amines) is 1. The van der Waals surface area contributed by atoms with Gasteiger partial charge in [-0.3, -0.25) is 9.69 Å². The van der Waals surface area contributed by atoms with Crippen molar-refractivity contribution in [1.29, 1.82) is 0 Å². The second kappa shape index (κ2) is 13.1. The van der Waals surface area contributed by atoms with Crippen molar-refractivity contribution in [3.8, 4) is 0 Å². The van der Waals surface area contributed by atoms with Gasteiger partial charge in [0.05, 0.1) is 39.0 Å². The van der Waals surface area contributed by atoms with Crippen molar-refractivity contribution in [3.63, 3.8) is 0 Å². The minimum Gasteiger partial charge on any atom is -1.00 e. The fourth-order valence-electron chi connectivity index (χ4n) is 11.7. The number of ether oxygens (including phenoxy) is 2. The zero-order valence-electron chi connectivity index (χ0n) is 26.8. The Hall–Kier alpha value is -0.470. The largest absolute Gasteiger partial charge is 1.00 e. The number of aliphatic hydroxyl groups is 1. The summed E-state index contributed by atoms with van der Waals surface area (Å²) in [6, 6.07) is 0.656. The molecule has 10 atom stereocenters. The van der Waals surface area contributed by atoms with Crippen molar-refractivity contribution < 1.29 is 40.8 Å². The first-order chi connectivity index (χ1) is 19.8. The first-order valence-electron chi connectivity index (χ1n) is 17.4. The van der Waals surface area contributed by atoms with Crippen LogP contribution in [0.3, 0.4) is 0 Å². The van der Waals surface area contributed by atoms with Gasteiger partial charge in [0.25, 0.3) is 0 Å². The third-order valence-corrected chi connectivity index (χ3v) is 13.7. The van der Waals surface area contributed by atoms with Crippen LogP contribution < -0.4 is 17.0 Å². The van der Waals surface area contributed by atoms with Crippen molar-refractivity contribution in [2.75, 3.05) is 45.9 Å². The molecule has 2 heterocycles. The van der Waals surface area contributed by atoms with Crippen molar-refractivity contribution in [3.05, 3.63) is 12.7 Å². The zero-order chi connectivity index (χ0) is 28.8. The molecule has 4 aliphatic carbocycles. The van der Waals surface area contributed by atoms with Crippen molar-refractivity contribution in [1.82, 2.24) is 4.90 Å². The summed E-state index contributed by atoms with van der Waals surface area (Å²) >= 11 is 0. The number of quaternary nitrogens is 1. The van der Waals surface area contributed by atoms with E-state index in [1.54, 1.807) is 0 Å². The van der Waals surface area contributed by atoms with E-state index in [-0.39, 0.29) is 52.0 Å². The third-order valence-electron chi connectivity index (χ3n) is 13.7. The second-order valence-corrected chi connectivity index (χ2v) is 15.6. The summed E-state index contributed by atoms with van der Waals surface area (Å²) in [6.07, 6.45) is 15.4. The lowest BCUT2D eigenvalue weighted by molar-refractivity contribution is -0.952. The number of morpholine rings is 1. The molecule has 7 heteroatoms. The molecule has 42 heavy (non-hydrogen) atoms. The molecule has 2 aliphatic heterocycles. The minimum absolute atomic E-state index is 0. The molecule has 2 saturated heterocycles. The Bertz CT molecular complexity index is 951. The average molecular weight is 652 g/mol. The Morgan fingerprint density at radius 1 is 1.07 bits per heavy atom. The number of esters is 1. The first kappa shape index (κ1) is 32.9. The van der Waals surface area contributed by atoms with Crippen LogP contribution in [0.5, 0.6) is 0 Å². The predicted molar refractivity (Wildman–Crippen MR) is 162 cm³/mol. The molecule has 0 bridgehead atoms. The van der Waals surface area contributed by atoms with Gasteiger partial charge in [-0.1, -0.05) is 27.4 Å². The molecule has 6 rings (SSSR count). The number of aliphatic hydroxyl groups excluding tert-OH is 1. The molecule has 6 nitrogen and oxygen atoms in total. The summed E-state index contributed by atoms with van der Waals surface area (Å²) in [4.78, 5) is 15.7. The van der Waals surface area contributed by atoms with Gasteiger partial charge in [0.15, 0.2) is 6.10 Å². The summed E-state index contributed by atoms with van der Waals surface area (Å²) in [5.74, 6) is 2.65. The summed E-state index contributed by atoms with van der Waals surface area (Å²) < 4.78 is 13.4. The van der Waals surface area contributed by atoms with Crippen molar-refractivity contribution in [2.45, 2.75) is 122 Å². The van der Waals surface area contributed by atoms with Gasteiger partial charge in [0.2, 0.25) is 0 Å². The fourth-order valence-corrected chi connectivity index (χ4v) is 11.7. The molecular formula is C35H59BrN2O4. The van der Waals surface area contributed by atoms with Gasteiger partial charge in [-0.25, -0.2) is 0 Å². The smallest absolute Gasteiger partial charge is 0.306 e. The van der Waals surface area contributed by atoms with Crippen LogP contribution in [0.2, 0.25) is 0 Å². The Kier molecular flexibility index (Phi) is 10.3. The van der Waals surface area contributed by atoms with Crippen LogP contribution in [-0.2, 0) is 14.3 Å². The molecule has 6 aliphatic rings. The Balaban J connectivity index is 0.00000353. The highest BCUT2D eigenvalue weighted by Crippen LogP contribution is 2.67. The molecule has 6 fully saturated rings. The molecule has 4 saturated carbocycles. The van der Waals surface area contributed by atoms with Crippen molar-refractivity contribution >= 4 is 5.97 Å². The quantitative estimate of drug-likeness (QED) is 0.261. The number of piperidine rings is 1. The lowest BCUT2D eigenvalue weighted by Crippen LogP contribution is -3.00. The predicted octanol–water partition coefficient (Wildman–Crippen LogP) is 2.58. The van der Waals surface area contributed by atoms with Crippen LogP contribution in [0.1, 0.15) is 97.8 Å². The van der Waals surface area contributed by atoms with E-state index in [0.29, 0.717) is 36.1 Å². The molecule has 0 unspecified atom stereocenters. The van der Waals surface area contributed by atoms with Gasteiger partial charge >= 0.3 is 5.97 Å². The Morgan fingerprint density at radius 2 is 1.81 bits per heavy atom. The maximum Gasteiger partial charge on any atom is 0.306 e. The number of nitrogens with zero attached hydrogens (tertiary/aromatic N) is 2. The topological polar surface area (TPSA) is 59.0 Å². The maximum atomic E-state index is 13.2. The number of hydrogen-bond acceptors (Lipinski definition) is 5. The third kappa shape index (κ3) is 5.58. The van der Waals surface area contributed by atoms with Gasteiger partial charge in [0, 0.05) is 37.4 Å². The number of fused-ring (bicyclic) bond motifs is 5. The summed E-state index contributed by atoms with van der Waals surface area (Å²) in [5.41, 5.74) is 0.331. The Morgan fingerprint density at radius 3 is 2.50 bits per heavy atom. The first-order valence-corrected chi connectivity index (χ1v) is 17.4. The van der Waals surface area contributed by atoms with Gasteiger partial charge in [-0.05, 0) is 99.4 Å². The molecule has 0 aromatic heterocycles. The second-order valence-electron chi connectivity index (χ2n) is 15.6. The van der Waals surface area contributed by atoms with Gasteiger partial charge in [-0.2, -0.15) is 0 Å². The van der Waals surface area contributed by atoms with Crippen LogP contribution in [-0.4, -0.2) is 90.7 Å². The molecule has 0 radical (unpaired) electrons. The highest BCUT2D eigenvalue weighted by molar-refractivity contribution is 5.69. The van der Waals surface area contributed by atoms with E-state index in [9.17, 15) is 9.90 Å². The van der Waals surface area contributed by atoms with E-state index in [4.69, 9.17) is 9.47 Å². The molecule has 0 spiro atoms. The van der Waals surface area contributed by atoms with E-state index < -0.39 is 0 Å². The van der Waals surface area contributed by atoms with Gasteiger partial charge < -0.3 is 36.0 Å². The van der Waals surface area contributed by atoms with Crippen LogP contribution in [0, 0.1) is 34.5 Å². The highest BCUT2D eigenvalue weighted by Gasteiger charge is 2.67. The number of carbonyl (C=O) groups is 1. The molecular weight excluding hydrogens is 592 g/mol. The lowest BCUT2D eigenvalue weighted by atomic mass is 9.44. The standard InChI is InChI=1S/C35H59N2O4.BrH/c1-5-10-32(39)41-33-30(37(17-6-2)18-8-7-9-19-37)23-28-26-12-11-25-22-31(38)29(36-15-20-40-21-16-36)24-35(25,4)27(26)13-14-34(28,33)3;/h6,25-31,33,38H,2,5,7-24H2,1,3-4H3;1H/q+1;/p-1/t25-,26+,27-,28-,29-,30-,31-,33-,34-,35-;/m0./s1. The number of hydrogen-bond donors (Lipinski definition) is 1.